The molecule has 0 fully saturated rings. The maximum atomic E-state index is 6.17. The quantitative estimate of drug-likeness (QED) is 0.628. The number of hydrogen-bond acceptors (Lipinski definition) is 0. The second-order valence-corrected chi connectivity index (χ2v) is 6.28. The minimum absolute atomic E-state index is 0.532. The molecular weight excluding hydrogens is 264 g/mol. The lowest BCUT2D eigenvalue weighted by atomic mass is 9.73. The lowest BCUT2D eigenvalue weighted by Crippen LogP contribution is -2.15. The van der Waals surface area contributed by atoms with Crippen molar-refractivity contribution in [1.29, 1.82) is 0 Å². The van der Waals surface area contributed by atoms with E-state index in [9.17, 15) is 0 Å². The summed E-state index contributed by atoms with van der Waals surface area (Å²) in [5.41, 5.74) is 5.67. The zero-order chi connectivity index (χ0) is 14.1. The van der Waals surface area contributed by atoms with Gasteiger partial charge in [0.2, 0.25) is 0 Å². The summed E-state index contributed by atoms with van der Waals surface area (Å²) in [5, 5.41) is 0.865. The maximum absolute atomic E-state index is 6.17. The molecule has 0 N–H and O–H groups in total. The van der Waals surface area contributed by atoms with E-state index in [2.05, 4.69) is 50.2 Å². The van der Waals surface area contributed by atoms with Gasteiger partial charge >= 0.3 is 0 Å². The summed E-state index contributed by atoms with van der Waals surface area (Å²) in [5.74, 6) is 1.26. The zero-order valence-corrected chi connectivity index (χ0v) is 13.0. The zero-order valence-electron chi connectivity index (χ0n) is 12.2. The van der Waals surface area contributed by atoms with Crippen LogP contribution in [0.15, 0.2) is 42.5 Å². The van der Waals surface area contributed by atoms with E-state index >= 15 is 0 Å². The molecule has 2 aromatic rings. The molecule has 0 saturated carbocycles. The number of fused-ring (bicyclic) bond motifs is 1. The molecule has 0 unspecified atom stereocenters. The fourth-order valence-electron chi connectivity index (χ4n) is 3.53. The average molecular weight is 285 g/mol. The lowest BCUT2D eigenvalue weighted by molar-refractivity contribution is 0.506. The first kappa shape index (κ1) is 13.7. The van der Waals surface area contributed by atoms with Crippen LogP contribution in [0.4, 0.5) is 0 Å². The van der Waals surface area contributed by atoms with Crippen molar-refractivity contribution in [1.82, 2.24) is 0 Å². The monoisotopic (exact) mass is 284 g/mol. The molecular formula is C19H21Cl. The van der Waals surface area contributed by atoms with Gasteiger partial charge in [-0.25, -0.2) is 0 Å². The van der Waals surface area contributed by atoms with Gasteiger partial charge in [-0.1, -0.05) is 54.9 Å². The van der Waals surface area contributed by atoms with Gasteiger partial charge in [0.15, 0.2) is 0 Å². The van der Waals surface area contributed by atoms with Crippen molar-refractivity contribution in [3.8, 4) is 0 Å². The second-order valence-electron chi connectivity index (χ2n) is 5.87. The van der Waals surface area contributed by atoms with Gasteiger partial charge in [0.05, 0.1) is 0 Å². The predicted molar refractivity (Wildman–Crippen MR) is 86.7 cm³/mol. The number of hydrogen-bond donors (Lipinski definition) is 0. The molecule has 104 valence electrons. The second kappa shape index (κ2) is 5.61. The third-order valence-corrected chi connectivity index (χ3v) is 5.12. The number of benzene rings is 2. The van der Waals surface area contributed by atoms with E-state index in [0.29, 0.717) is 5.92 Å². The lowest BCUT2D eigenvalue weighted by Gasteiger charge is -2.31. The highest BCUT2D eigenvalue weighted by Gasteiger charge is 2.26. The molecule has 0 nitrogen and oxygen atoms in total. The van der Waals surface area contributed by atoms with E-state index in [1.54, 1.807) is 5.56 Å². The van der Waals surface area contributed by atoms with Crippen molar-refractivity contribution in [2.45, 2.75) is 44.9 Å². The molecule has 0 amide bonds. The van der Waals surface area contributed by atoms with Gasteiger partial charge in [-0.3, -0.25) is 0 Å². The highest BCUT2D eigenvalue weighted by atomic mass is 35.5. The van der Waals surface area contributed by atoms with Crippen LogP contribution in [0.25, 0.3) is 0 Å². The smallest absolute Gasteiger partial charge is 0.0435 e. The summed E-state index contributed by atoms with van der Waals surface area (Å²) in [6, 6.07) is 15.5. The molecule has 0 radical (unpaired) electrons. The Kier molecular flexibility index (Phi) is 3.85. The van der Waals surface area contributed by atoms with Crippen LogP contribution in [0.1, 0.15) is 60.3 Å². The van der Waals surface area contributed by atoms with E-state index in [4.69, 9.17) is 11.6 Å². The van der Waals surface area contributed by atoms with Crippen LogP contribution in [0.5, 0.6) is 0 Å². The highest BCUT2D eigenvalue weighted by molar-refractivity contribution is 6.31. The first-order valence-corrected chi connectivity index (χ1v) is 7.93. The van der Waals surface area contributed by atoms with Crippen LogP contribution in [-0.4, -0.2) is 0 Å². The number of halogens is 1. The van der Waals surface area contributed by atoms with Gasteiger partial charge in [-0.15, -0.1) is 0 Å². The molecule has 1 aliphatic rings. The molecule has 0 heterocycles. The summed E-state index contributed by atoms with van der Waals surface area (Å²) in [4.78, 5) is 0. The minimum atomic E-state index is 0.532. The first-order chi connectivity index (χ1) is 9.70. The SMILES string of the molecule is CC[C@@H]1CC[C@@H](c2ccc(Cl)c(C)c2)c2ccccc21. The molecule has 0 saturated heterocycles. The van der Waals surface area contributed by atoms with E-state index in [-0.39, 0.29) is 0 Å². The molecule has 1 aliphatic carbocycles. The molecule has 0 bridgehead atoms. The fourth-order valence-corrected chi connectivity index (χ4v) is 3.65. The van der Waals surface area contributed by atoms with Gasteiger partial charge in [0.1, 0.15) is 0 Å². The molecule has 0 aromatic heterocycles. The molecule has 2 aromatic carbocycles. The van der Waals surface area contributed by atoms with Crippen molar-refractivity contribution in [2.24, 2.45) is 0 Å². The summed E-state index contributed by atoms with van der Waals surface area (Å²) >= 11 is 6.17. The molecule has 20 heavy (non-hydrogen) atoms. The largest absolute Gasteiger partial charge is 0.0841 e. The van der Waals surface area contributed by atoms with Crippen molar-refractivity contribution in [3.63, 3.8) is 0 Å². The fraction of sp³-hybridized carbons (Fsp3) is 0.368. The van der Waals surface area contributed by atoms with E-state index in [1.165, 1.54) is 36.0 Å². The van der Waals surface area contributed by atoms with Crippen LogP contribution in [-0.2, 0) is 0 Å². The van der Waals surface area contributed by atoms with Gasteiger partial charge in [-0.05, 0) is 60.4 Å². The number of rotatable bonds is 2. The van der Waals surface area contributed by atoms with Crippen molar-refractivity contribution in [3.05, 3.63) is 69.7 Å². The molecule has 3 rings (SSSR count). The summed E-state index contributed by atoms with van der Waals surface area (Å²) < 4.78 is 0. The average Bonchev–Trinajstić information content (AvgIpc) is 2.49. The Morgan fingerprint density at radius 3 is 2.50 bits per heavy atom. The summed E-state index contributed by atoms with van der Waals surface area (Å²) in [7, 11) is 0. The highest BCUT2D eigenvalue weighted by Crippen LogP contribution is 2.43. The predicted octanol–water partition coefficient (Wildman–Crippen LogP) is 6.07. The normalized spacial score (nSPS) is 21.6. The minimum Gasteiger partial charge on any atom is -0.0841 e. The van der Waals surface area contributed by atoms with Crippen LogP contribution in [0, 0.1) is 6.92 Å². The van der Waals surface area contributed by atoms with E-state index < -0.39 is 0 Å². The van der Waals surface area contributed by atoms with E-state index in [0.717, 1.165) is 10.9 Å². The Morgan fingerprint density at radius 1 is 1.05 bits per heavy atom. The molecule has 0 aliphatic heterocycles. The van der Waals surface area contributed by atoms with E-state index in [1.807, 2.05) is 6.07 Å². The Hall–Kier alpha value is -1.27. The summed E-state index contributed by atoms with van der Waals surface area (Å²) in [6.45, 7) is 4.39. The van der Waals surface area contributed by atoms with Gasteiger partial charge in [0, 0.05) is 10.9 Å². The standard InChI is InChI=1S/C19H21Cl/c1-3-14-8-10-17(18-7-5-4-6-16(14)18)15-9-11-19(20)13(2)12-15/h4-7,9,11-12,14,17H,3,8,10H2,1-2H3/t14-,17+/m1/s1. The van der Waals surface area contributed by atoms with Crippen LogP contribution >= 0.6 is 11.6 Å². The Labute approximate surface area is 126 Å². The molecule has 0 spiro atoms. The Bertz CT molecular complexity index is 615. The van der Waals surface area contributed by atoms with Gasteiger partial charge in [-0.2, -0.15) is 0 Å². The van der Waals surface area contributed by atoms with Crippen LogP contribution in [0.2, 0.25) is 5.02 Å². The molecule has 2 atom stereocenters. The number of aryl methyl sites for hydroxylation is 1. The topological polar surface area (TPSA) is 0 Å². The summed E-state index contributed by atoms with van der Waals surface area (Å²) in [6.07, 6.45) is 3.78. The Balaban J connectivity index is 2.05. The molecule has 1 heteroatoms. The first-order valence-electron chi connectivity index (χ1n) is 7.55. The van der Waals surface area contributed by atoms with Gasteiger partial charge in [0.25, 0.3) is 0 Å². The van der Waals surface area contributed by atoms with Gasteiger partial charge < -0.3 is 0 Å². The van der Waals surface area contributed by atoms with Crippen molar-refractivity contribution < 1.29 is 0 Å². The third-order valence-electron chi connectivity index (χ3n) is 4.69. The van der Waals surface area contributed by atoms with Crippen LogP contribution in [0.3, 0.4) is 0 Å². The van der Waals surface area contributed by atoms with Crippen molar-refractivity contribution in [2.75, 3.05) is 0 Å². The Morgan fingerprint density at radius 2 is 1.80 bits per heavy atom. The maximum Gasteiger partial charge on any atom is 0.0435 e. The van der Waals surface area contributed by atoms with Crippen LogP contribution < -0.4 is 0 Å². The van der Waals surface area contributed by atoms with Crippen molar-refractivity contribution >= 4 is 11.6 Å². The third kappa shape index (κ3) is 2.38.